The standard InChI is InChI=1S/C16H13BrN2/c1-12-5-7-13(8-6-12)14-10-18-19(11-14)16-4-2-3-15(17)9-16/h2-11H,1H3. The topological polar surface area (TPSA) is 17.8 Å². The summed E-state index contributed by atoms with van der Waals surface area (Å²) >= 11 is 3.48. The predicted octanol–water partition coefficient (Wildman–Crippen LogP) is 4.61. The fourth-order valence-corrected chi connectivity index (χ4v) is 2.36. The van der Waals surface area contributed by atoms with Crippen molar-refractivity contribution in [3.05, 3.63) is 71.0 Å². The first-order chi connectivity index (χ1) is 9.22. The molecule has 19 heavy (non-hydrogen) atoms. The lowest BCUT2D eigenvalue weighted by Crippen LogP contribution is -1.93. The molecule has 0 aliphatic rings. The minimum atomic E-state index is 1.05. The molecule has 2 nitrogen and oxygen atoms in total. The van der Waals surface area contributed by atoms with Gasteiger partial charge in [0.15, 0.2) is 0 Å². The molecule has 0 unspecified atom stereocenters. The fourth-order valence-electron chi connectivity index (χ4n) is 1.98. The lowest BCUT2D eigenvalue weighted by atomic mass is 10.1. The van der Waals surface area contributed by atoms with Crippen LogP contribution in [-0.2, 0) is 0 Å². The smallest absolute Gasteiger partial charge is 0.0657 e. The first-order valence-electron chi connectivity index (χ1n) is 6.10. The van der Waals surface area contributed by atoms with Crippen molar-refractivity contribution in [2.75, 3.05) is 0 Å². The van der Waals surface area contributed by atoms with Crippen LogP contribution in [0.2, 0.25) is 0 Å². The van der Waals surface area contributed by atoms with E-state index in [1.54, 1.807) is 0 Å². The van der Waals surface area contributed by atoms with Crippen molar-refractivity contribution < 1.29 is 0 Å². The van der Waals surface area contributed by atoms with Crippen molar-refractivity contribution >= 4 is 15.9 Å². The van der Waals surface area contributed by atoms with Gasteiger partial charge in [-0.1, -0.05) is 51.8 Å². The highest BCUT2D eigenvalue weighted by Crippen LogP contribution is 2.21. The molecule has 1 aromatic heterocycles. The molecule has 1 heterocycles. The Bertz CT molecular complexity index is 699. The Hall–Kier alpha value is -1.87. The Morgan fingerprint density at radius 1 is 1.00 bits per heavy atom. The number of benzene rings is 2. The molecular formula is C16H13BrN2. The highest BCUT2D eigenvalue weighted by Gasteiger charge is 2.03. The second kappa shape index (κ2) is 5.02. The summed E-state index contributed by atoms with van der Waals surface area (Å²) in [5, 5.41) is 4.42. The summed E-state index contributed by atoms with van der Waals surface area (Å²) in [5.41, 5.74) is 4.63. The van der Waals surface area contributed by atoms with Crippen molar-refractivity contribution in [3.8, 4) is 16.8 Å². The molecule has 0 amide bonds. The molecule has 0 saturated heterocycles. The largest absolute Gasteiger partial charge is 0.240 e. The van der Waals surface area contributed by atoms with E-state index < -0.39 is 0 Å². The van der Waals surface area contributed by atoms with Crippen molar-refractivity contribution in [1.29, 1.82) is 0 Å². The van der Waals surface area contributed by atoms with Crippen LogP contribution in [0, 0.1) is 6.92 Å². The van der Waals surface area contributed by atoms with Crippen molar-refractivity contribution in [2.45, 2.75) is 6.92 Å². The van der Waals surface area contributed by atoms with E-state index in [1.807, 2.05) is 41.3 Å². The Morgan fingerprint density at radius 2 is 1.79 bits per heavy atom. The zero-order valence-corrected chi connectivity index (χ0v) is 12.1. The summed E-state index contributed by atoms with van der Waals surface area (Å²) in [7, 11) is 0. The first-order valence-corrected chi connectivity index (χ1v) is 6.89. The highest BCUT2D eigenvalue weighted by molar-refractivity contribution is 9.10. The first kappa shape index (κ1) is 12.2. The van der Waals surface area contributed by atoms with Gasteiger partial charge in [0.2, 0.25) is 0 Å². The maximum absolute atomic E-state index is 4.42. The number of nitrogens with zero attached hydrogens (tertiary/aromatic N) is 2. The molecule has 0 N–H and O–H groups in total. The monoisotopic (exact) mass is 312 g/mol. The molecule has 94 valence electrons. The van der Waals surface area contributed by atoms with E-state index in [4.69, 9.17) is 0 Å². The van der Waals surface area contributed by atoms with Gasteiger partial charge in [0.1, 0.15) is 0 Å². The predicted molar refractivity (Wildman–Crippen MR) is 81.4 cm³/mol. The van der Waals surface area contributed by atoms with E-state index in [0.29, 0.717) is 0 Å². The Kier molecular flexibility index (Phi) is 3.22. The van der Waals surface area contributed by atoms with Gasteiger partial charge in [-0.15, -0.1) is 0 Å². The van der Waals surface area contributed by atoms with E-state index in [-0.39, 0.29) is 0 Å². The van der Waals surface area contributed by atoms with Crippen LogP contribution < -0.4 is 0 Å². The second-order valence-electron chi connectivity index (χ2n) is 4.52. The van der Waals surface area contributed by atoms with Crippen molar-refractivity contribution in [2.24, 2.45) is 0 Å². The molecule has 3 aromatic rings. The molecule has 0 atom stereocenters. The fraction of sp³-hybridized carbons (Fsp3) is 0.0625. The number of aromatic nitrogens is 2. The summed E-state index contributed by atoms with van der Waals surface area (Å²) in [6.07, 6.45) is 3.94. The van der Waals surface area contributed by atoms with E-state index in [9.17, 15) is 0 Å². The number of hydrogen-bond donors (Lipinski definition) is 0. The van der Waals surface area contributed by atoms with Crippen LogP contribution >= 0.6 is 15.9 Å². The molecule has 0 aliphatic heterocycles. The van der Waals surface area contributed by atoms with Crippen LogP contribution in [0.15, 0.2) is 65.4 Å². The van der Waals surface area contributed by atoms with Gasteiger partial charge in [0.25, 0.3) is 0 Å². The molecule has 2 aromatic carbocycles. The van der Waals surface area contributed by atoms with Crippen LogP contribution in [0.25, 0.3) is 16.8 Å². The quantitative estimate of drug-likeness (QED) is 0.675. The van der Waals surface area contributed by atoms with Crippen LogP contribution in [0.1, 0.15) is 5.56 Å². The average molecular weight is 313 g/mol. The minimum Gasteiger partial charge on any atom is -0.240 e. The number of halogens is 1. The van der Waals surface area contributed by atoms with E-state index in [1.165, 1.54) is 11.1 Å². The molecule has 3 heteroatoms. The Labute approximate surface area is 120 Å². The van der Waals surface area contributed by atoms with Gasteiger partial charge in [0.05, 0.1) is 11.9 Å². The highest BCUT2D eigenvalue weighted by atomic mass is 79.9. The molecule has 0 radical (unpaired) electrons. The van der Waals surface area contributed by atoms with Gasteiger partial charge >= 0.3 is 0 Å². The lowest BCUT2D eigenvalue weighted by molar-refractivity contribution is 0.880. The Morgan fingerprint density at radius 3 is 2.53 bits per heavy atom. The lowest BCUT2D eigenvalue weighted by Gasteiger charge is -2.01. The third-order valence-corrected chi connectivity index (χ3v) is 3.53. The SMILES string of the molecule is Cc1ccc(-c2cnn(-c3cccc(Br)c3)c2)cc1. The van der Waals surface area contributed by atoms with Crippen LogP contribution in [0.5, 0.6) is 0 Å². The van der Waals surface area contributed by atoms with Gasteiger partial charge in [-0.2, -0.15) is 5.10 Å². The van der Waals surface area contributed by atoms with Gasteiger partial charge in [-0.25, -0.2) is 4.68 Å². The second-order valence-corrected chi connectivity index (χ2v) is 5.44. The van der Waals surface area contributed by atoms with E-state index in [2.05, 4.69) is 52.2 Å². The number of aryl methyl sites for hydroxylation is 1. The number of rotatable bonds is 2. The zero-order chi connectivity index (χ0) is 13.2. The third kappa shape index (κ3) is 2.61. The maximum atomic E-state index is 4.42. The summed E-state index contributed by atoms with van der Waals surface area (Å²) in [4.78, 5) is 0. The molecule has 0 saturated carbocycles. The zero-order valence-electron chi connectivity index (χ0n) is 10.5. The molecule has 0 aliphatic carbocycles. The summed E-state index contributed by atoms with van der Waals surface area (Å²) in [6, 6.07) is 16.6. The molecule has 0 bridgehead atoms. The maximum Gasteiger partial charge on any atom is 0.0657 e. The summed E-state index contributed by atoms with van der Waals surface area (Å²) < 4.78 is 2.94. The average Bonchev–Trinajstić information content (AvgIpc) is 2.89. The van der Waals surface area contributed by atoms with Crippen molar-refractivity contribution in [3.63, 3.8) is 0 Å². The van der Waals surface area contributed by atoms with E-state index >= 15 is 0 Å². The minimum absolute atomic E-state index is 1.05. The van der Waals surface area contributed by atoms with Gasteiger partial charge in [-0.3, -0.25) is 0 Å². The van der Waals surface area contributed by atoms with Crippen LogP contribution in [0.4, 0.5) is 0 Å². The van der Waals surface area contributed by atoms with Crippen LogP contribution in [-0.4, -0.2) is 9.78 Å². The molecular weight excluding hydrogens is 300 g/mol. The molecule has 3 rings (SSSR count). The molecule has 0 spiro atoms. The van der Waals surface area contributed by atoms with Crippen molar-refractivity contribution in [1.82, 2.24) is 9.78 Å². The van der Waals surface area contributed by atoms with Gasteiger partial charge in [-0.05, 0) is 30.7 Å². The summed E-state index contributed by atoms with van der Waals surface area (Å²) in [5.74, 6) is 0. The summed E-state index contributed by atoms with van der Waals surface area (Å²) in [6.45, 7) is 2.09. The van der Waals surface area contributed by atoms with Gasteiger partial charge in [0, 0.05) is 16.2 Å². The molecule has 0 fully saturated rings. The van der Waals surface area contributed by atoms with Crippen LogP contribution in [0.3, 0.4) is 0 Å². The Balaban J connectivity index is 1.97. The van der Waals surface area contributed by atoms with E-state index in [0.717, 1.165) is 15.7 Å². The third-order valence-electron chi connectivity index (χ3n) is 3.04. The number of hydrogen-bond acceptors (Lipinski definition) is 1. The normalized spacial score (nSPS) is 10.6. The van der Waals surface area contributed by atoms with Gasteiger partial charge < -0.3 is 0 Å².